The van der Waals surface area contributed by atoms with E-state index in [1.54, 1.807) is 13.2 Å². The van der Waals surface area contributed by atoms with Crippen molar-refractivity contribution in [1.82, 2.24) is 15.2 Å². The molecule has 1 aromatic carbocycles. The van der Waals surface area contributed by atoms with Crippen molar-refractivity contribution >= 4 is 29.3 Å². The summed E-state index contributed by atoms with van der Waals surface area (Å²) in [4.78, 5) is 31.9. The Labute approximate surface area is 232 Å². The summed E-state index contributed by atoms with van der Waals surface area (Å²) < 4.78 is 18.3. The number of H-pyrrole nitrogens is 1. The van der Waals surface area contributed by atoms with Gasteiger partial charge in [-0.3, -0.25) is 14.5 Å². The van der Waals surface area contributed by atoms with Gasteiger partial charge in [0.05, 0.1) is 16.7 Å². The number of ether oxygens (including phenoxy) is 3. The molecule has 1 aromatic heterocycles. The van der Waals surface area contributed by atoms with Gasteiger partial charge in [-0.15, -0.1) is 11.8 Å². The first-order chi connectivity index (χ1) is 18.1. The van der Waals surface area contributed by atoms with Gasteiger partial charge < -0.3 is 24.5 Å². The molecule has 3 aliphatic rings. The third-order valence-corrected chi connectivity index (χ3v) is 9.42. The molecule has 1 saturated carbocycles. The second kappa shape index (κ2) is 10.8. The average molecular weight is 562 g/mol. The van der Waals surface area contributed by atoms with Crippen LogP contribution in [0, 0.1) is 19.8 Å². The van der Waals surface area contributed by atoms with Crippen LogP contribution >= 0.6 is 23.4 Å². The highest BCUT2D eigenvalue weighted by Gasteiger charge is 2.48. The van der Waals surface area contributed by atoms with Crippen LogP contribution < -0.4 is 20.3 Å². The van der Waals surface area contributed by atoms with Gasteiger partial charge in [-0.2, -0.15) is 0 Å². The topological polar surface area (TPSA) is 92.9 Å². The predicted molar refractivity (Wildman–Crippen MR) is 149 cm³/mol. The number of likely N-dealkylation sites (tertiary alicyclic amines) is 1. The van der Waals surface area contributed by atoms with Crippen molar-refractivity contribution in [3.05, 3.63) is 49.9 Å². The van der Waals surface area contributed by atoms with Gasteiger partial charge in [-0.1, -0.05) is 11.6 Å². The quantitative estimate of drug-likeness (QED) is 0.474. The maximum absolute atomic E-state index is 13.3. The van der Waals surface area contributed by atoms with Crippen LogP contribution in [0.25, 0.3) is 0 Å². The number of aromatic nitrogens is 1. The number of carbonyl (C=O) groups excluding carboxylic acids is 1. The SMILES string of the molecule is COC1CN(C2CCC(C3(C)Oc4cc(Cl)c(C(=O)NCc5c(SC)cc(C)[nH]c5=O)c(C)c4O3)CC2)C1. The molecule has 2 N–H and O–H groups in total. The number of methoxy groups -OCH3 is 1. The molecule has 1 amide bonds. The van der Waals surface area contributed by atoms with E-state index in [4.69, 9.17) is 25.8 Å². The Hall–Kier alpha value is -2.20. The first-order valence-electron chi connectivity index (χ1n) is 13.2. The Morgan fingerprint density at radius 2 is 1.95 bits per heavy atom. The van der Waals surface area contributed by atoms with E-state index in [-0.39, 0.29) is 23.9 Å². The molecule has 1 unspecified atom stereocenters. The summed E-state index contributed by atoms with van der Waals surface area (Å²) in [5, 5.41) is 3.17. The van der Waals surface area contributed by atoms with Crippen molar-refractivity contribution in [1.29, 1.82) is 0 Å². The lowest BCUT2D eigenvalue weighted by Gasteiger charge is -2.47. The fourth-order valence-electron chi connectivity index (χ4n) is 6.00. The average Bonchev–Trinajstić information content (AvgIpc) is 3.20. The third-order valence-electron chi connectivity index (χ3n) is 8.32. The van der Waals surface area contributed by atoms with Crippen molar-refractivity contribution < 1.29 is 19.0 Å². The van der Waals surface area contributed by atoms with Crippen molar-refractivity contribution in [2.75, 3.05) is 26.5 Å². The number of rotatable bonds is 7. The van der Waals surface area contributed by atoms with Gasteiger partial charge in [0, 0.05) is 73.4 Å². The zero-order chi connectivity index (χ0) is 27.2. The van der Waals surface area contributed by atoms with E-state index >= 15 is 0 Å². The van der Waals surface area contributed by atoms with Crippen LogP contribution in [0.3, 0.4) is 0 Å². The minimum absolute atomic E-state index is 0.0952. The number of halogens is 1. The number of benzene rings is 1. The number of amides is 1. The maximum atomic E-state index is 13.3. The van der Waals surface area contributed by atoms with E-state index in [2.05, 4.69) is 15.2 Å². The van der Waals surface area contributed by atoms with Crippen LogP contribution in [0.2, 0.25) is 5.02 Å². The molecule has 10 heteroatoms. The largest absolute Gasteiger partial charge is 0.448 e. The van der Waals surface area contributed by atoms with Gasteiger partial charge in [0.2, 0.25) is 0 Å². The Morgan fingerprint density at radius 1 is 1.24 bits per heavy atom. The van der Waals surface area contributed by atoms with Gasteiger partial charge in [-0.05, 0) is 51.9 Å². The lowest BCUT2D eigenvalue weighted by Crippen LogP contribution is -2.57. The van der Waals surface area contributed by atoms with Crippen molar-refractivity contribution in [3.63, 3.8) is 0 Å². The van der Waals surface area contributed by atoms with E-state index < -0.39 is 5.79 Å². The molecule has 0 radical (unpaired) electrons. The van der Waals surface area contributed by atoms with Crippen LogP contribution in [0.15, 0.2) is 21.8 Å². The fraction of sp³-hybridized carbons (Fsp3) is 0.571. The molecule has 5 rings (SSSR count). The smallest absolute Gasteiger partial charge is 0.254 e. The Balaban J connectivity index is 1.27. The number of hydrogen-bond donors (Lipinski definition) is 2. The molecule has 3 heterocycles. The van der Waals surface area contributed by atoms with Crippen LogP contribution in [0.5, 0.6) is 11.5 Å². The van der Waals surface area contributed by atoms with Gasteiger partial charge >= 0.3 is 0 Å². The molecule has 2 aliphatic heterocycles. The second-order valence-electron chi connectivity index (χ2n) is 10.7. The highest BCUT2D eigenvalue weighted by Crippen LogP contribution is 2.50. The predicted octanol–water partition coefficient (Wildman–Crippen LogP) is 4.67. The van der Waals surface area contributed by atoms with Crippen LogP contribution in [-0.4, -0.2) is 60.2 Å². The van der Waals surface area contributed by atoms with Crippen molar-refractivity contribution in [3.8, 4) is 11.5 Å². The number of aryl methyl sites for hydroxylation is 1. The summed E-state index contributed by atoms with van der Waals surface area (Å²) >= 11 is 8.07. The van der Waals surface area contributed by atoms with E-state index in [0.717, 1.165) is 49.4 Å². The van der Waals surface area contributed by atoms with E-state index in [0.29, 0.717) is 45.4 Å². The molecular formula is C28H36ClN3O5S. The second-order valence-corrected chi connectivity index (χ2v) is 12.0. The monoisotopic (exact) mass is 561 g/mol. The van der Waals surface area contributed by atoms with E-state index in [9.17, 15) is 9.59 Å². The highest BCUT2D eigenvalue weighted by molar-refractivity contribution is 7.98. The number of hydrogen-bond acceptors (Lipinski definition) is 7. The molecule has 0 bridgehead atoms. The fourth-order valence-corrected chi connectivity index (χ4v) is 7.03. The van der Waals surface area contributed by atoms with E-state index in [1.165, 1.54) is 11.8 Å². The summed E-state index contributed by atoms with van der Waals surface area (Å²) in [6, 6.07) is 4.16. The maximum Gasteiger partial charge on any atom is 0.254 e. The number of nitrogens with one attached hydrogen (secondary N) is 2. The lowest BCUT2D eigenvalue weighted by atomic mass is 9.80. The normalized spacial score (nSPS) is 25.3. The standard InChI is InChI=1S/C28H36ClN3O5S/c1-15-10-23(38-5)20(26(33)31-15)12-30-27(34)24-16(2)25-22(11-21(24)29)36-28(3,37-25)17-6-8-18(9-7-17)32-13-19(14-32)35-4/h10-11,17-19H,6-9,12-14H2,1-5H3,(H,30,34)(H,31,33). The summed E-state index contributed by atoms with van der Waals surface area (Å²) in [6.45, 7) is 7.78. The third kappa shape index (κ3) is 5.06. The van der Waals surface area contributed by atoms with Crippen LogP contribution in [0.1, 0.15) is 59.8 Å². The molecular weight excluding hydrogens is 526 g/mol. The van der Waals surface area contributed by atoms with Crippen molar-refractivity contribution in [2.45, 2.75) is 75.8 Å². The number of thioether (sulfide) groups is 1. The molecule has 1 aliphatic carbocycles. The zero-order valence-corrected chi connectivity index (χ0v) is 24.2. The lowest BCUT2D eigenvalue weighted by molar-refractivity contribution is -0.130. The molecule has 1 saturated heterocycles. The molecule has 38 heavy (non-hydrogen) atoms. The number of pyridine rings is 1. The first kappa shape index (κ1) is 27.4. The Kier molecular flexibility index (Phi) is 7.75. The minimum atomic E-state index is -0.803. The van der Waals surface area contributed by atoms with E-state index in [1.807, 2.05) is 33.1 Å². The Bertz CT molecular complexity index is 1290. The number of aromatic amines is 1. The molecule has 2 aromatic rings. The summed E-state index contributed by atoms with van der Waals surface area (Å²) in [7, 11) is 1.78. The van der Waals surface area contributed by atoms with Gasteiger partial charge in [0.1, 0.15) is 0 Å². The van der Waals surface area contributed by atoms with Crippen LogP contribution in [-0.2, 0) is 11.3 Å². The summed E-state index contributed by atoms with van der Waals surface area (Å²) in [6.07, 6.45) is 6.49. The van der Waals surface area contributed by atoms with Gasteiger partial charge in [-0.25, -0.2) is 0 Å². The molecule has 8 nitrogen and oxygen atoms in total. The number of carbonyl (C=O) groups is 1. The number of fused-ring (bicyclic) bond motifs is 1. The molecule has 0 spiro atoms. The summed E-state index contributed by atoms with van der Waals surface area (Å²) in [5.41, 5.74) is 2.06. The summed E-state index contributed by atoms with van der Waals surface area (Å²) in [5.74, 6) is 0.207. The molecule has 206 valence electrons. The van der Waals surface area contributed by atoms with Crippen LogP contribution in [0.4, 0.5) is 0 Å². The molecule has 2 fully saturated rings. The van der Waals surface area contributed by atoms with Gasteiger partial charge in [0.25, 0.3) is 17.3 Å². The zero-order valence-electron chi connectivity index (χ0n) is 22.6. The first-order valence-corrected chi connectivity index (χ1v) is 14.8. The van der Waals surface area contributed by atoms with Crippen molar-refractivity contribution in [2.24, 2.45) is 5.92 Å². The number of nitrogens with zero attached hydrogens (tertiary/aromatic N) is 1. The molecule has 1 atom stereocenters. The minimum Gasteiger partial charge on any atom is -0.448 e. The highest BCUT2D eigenvalue weighted by atomic mass is 35.5. The Morgan fingerprint density at radius 3 is 2.61 bits per heavy atom. The van der Waals surface area contributed by atoms with Gasteiger partial charge in [0.15, 0.2) is 11.5 Å².